The fourth-order valence-corrected chi connectivity index (χ4v) is 0.316. The third-order valence-electron chi connectivity index (χ3n) is 0.703. The molecule has 0 aromatic carbocycles. The second kappa shape index (κ2) is 4.90. The largest absolute Gasteiger partial charge is 0.368 e. The SMILES string of the molecule is CC=CC(=O)OOOC(C)(C)C. The van der Waals surface area contributed by atoms with Crippen LogP contribution in [0.3, 0.4) is 0 Å². The van der Waals surface area contributed by atoms with Crippen molar-refractivity contribution in [2.45, 2.75) is 33.3 Å². The first-order valence-corrected chi connectivity index (χ1v) is 3.65. The summed E-state index contributed by atoms with van der Waals surface area (Å²) >= 11 is 0. The van der Waals surface area contributed by atoms with Gasteiger partial charge in [0.05, 0.1) is 5.60 Å². The van der Waals surface area contributed by atoms with E-state index in [1.54, 1.807) is 33.8 Å². The summed E-state index contributed by atoms with van der Waals surface area (Å²) in [5.74, 6) is -0.596. The highest BCUT2D eigenvalue weighted by molar-refractivity contribution is 5.81. The molecule has 70 valence electrons. The standard InChI is InChI=1S/C8H14O4/c1-5-6-7(9)10-12-11-8(2,3)4/h5-6H,1-4H3. The van der Waals surface area contributed by atoms with E-state index in [4.69, 9.17) is 0 Å². The Labute approximate surface area is 72.0 Å². The van der Waals surface area contributed by atoms with E-state index in [2.05, 4.69) is 14.8 Å². The molecule has 0 rings (SSSR count). The molecule has 0 amide bonds. The Bertz CT molecular complexity index is 166. The molecule has 12 heavy (non-hydrogen) atoms. The molecule has 0 aliphatic heterocycles. The molecule has 0 aliphatic rings. The van der Waals surface area contributed by atoms with Crippen molar-refractivity contribution < 1.29 is 19.6 Å². The van der Waals surface area contributed by atoms with Crippen molar-refractivity contribution in [3.05, 3.63) is 12.2 Å². The van der Waals surface area contributed by atoms with Gasteiger partial charge in [-0.2, -0.15) is 4.89 Å². The Morgan fingerprint density at radius 3 is 2.33 bits per heavy atom. The molecule has 0 heterocycles. The normalized spacial score (nSPS) is 12.0. The zero-order valence-corrected chi connectivity index (χ0v) is 7.79. The summed E-state index contributed by atoms with van der Waals surface area (Å²) in [6.45, 7) is 7.02. The fourth-order valence-electron chi connectivity index (χ4n) is 0.316. The molecular formula is C8H14O4. The maximum Gasteiger partial charge on any atom is 0.368 e. The Kier molecular flexibility index (Phi) is 4.54. The zero-order chi connectivity index (χ0) is 9.61. The highest BCUT2D eigenvalue weighted by Gasteiger charge is 2.12. The van der Waals surface area contributed by atoms with Crippen molar-refractivity contribution in [2.24, 2.45) is 0 Å². The third kappa shape index (κ3) is 7.24. The lowest BCUT2D eigenvalue weighted by Gasteiger charge is -2.14. The molecule has 0 fully saturated rings. The van der Waals surface area contributed by atoms with E-state index in [-0.39, 0.29) is 0 Å². The molecule has 0 saturated heterocycles. The van der Waals surface area contributed by atoms with Crippen LogP contribution in [0.25, 0.3) is 0 Å². The number of hydrogen-bond acceptors (Lipinski definition) is 4. The molecule has 0 unspecified atom stereocenters. The van der Waals surface area contributed by atoms with Gasteiger partial charge in [0.1, 0.15) is 0 Å². The molecule has 0 N–H and O–H groups in total. The monoisotopic (exact) mass is 174 g/mol. The molecule has 0 bridgehead atoms. The van der Waals surface area contributed by atoms with E-state index in [0.717, 1.165) is 0 Å². The van der Waals surface area contributed by atoms with E-state index in [9.17, 15) is 4.79 Å². The summed E-state index contributed by atoms with van der Waals surface area (Å²) in [6.07, 6.45) is 2.77. The summed E-state index contributed by atoms with van der Waals surface area (Å²) in [5.41, 5.74) is -0.490. The van der Waals surface area contributed by atoms with Crippen LogP contribution in [0.2, 0.25) is 0 Å². The fraction of sp³-hybridized carbons (Fsp3) is 0.625. The second-order valence-electron chi connectivity index (χ2n) is 3.17. The van der Waals surface area contributed by atoms with Gasteiger partial charge in [-0.1, -0.05) is 6.08 Å². The van der Waals surface area contributed by atoms with Crippen LogP contribution in [0.1, 0.15) is 27.7 Å². The highest BCUT2D eigenvalue weighted by Crippen LogP contribution is 2.06. The molecule has 0 aromatic heterocycles. The number of allylic oxidation sites excluding steroid dienone is 1. The number of carbonyl (C=O) groups excluding carboxylic acids is 1. The molecule has 0 saturated carbocycles. The predicted octanol–water partition coefficient (Wildman–Crippen LogP) is 1.77. The van der Waals surface area contributed by atoms with Crippen LogP contribution in [0.4, 0.5) is 0 Å². The maximum atomic E-state index is 10.6. The van der Waals surface area contributed by atoms with Gasteiger partial charge in [-0.15, -0.1) is 0 Å². The Morgan fingerprint density at radius 2 is 1.92 bits per heavy atom. The lowest BCUT2D eigenvalue weighted by atomic mass is 10.2. The van der Waals surface area contributed by atoms with Crippen molar-refractivity contribution in [1.29, 1.82) is 0 Å². The van der Waals surface area contributed by atoms with Crippen LogP contribution in [-0.2, 0) is 19.6 Å². The summed E-state index contributed by atoms with van der Waals surface area (Å²) in [6, 6.07) is 0. The average Bonchev–Trinajstić information content (AvgIpc) is 1.84. The van der Waals surface area contributed by atoms with Gasteiger partial charge in [0.15, 0.2) is 0 Å². The molecule has 4 nitrogen and oxygen atoms in total. The number of carbonyl (C=O) groups is 1. The third-order valence-corrected chi connectivity index (χ3v) is 0.703. The van der Waals surface area contributed by atoms with Gasteiger partial charge >= 0.3 is 5.97 Å². The Morgan fingerprint density at radius 1 is 1.33 bits per heavy atom. The van der Waals surface area contributed by atoms with Crippen LogP contribution in [0.15, 0.2) is 12.2 Å². The lowest BCUT2D eigenvalue weighted by Crippen LogP contribution is -2.20. The lowest BCUT2D eigenvalue weighted by molar-refractivity contribution is -0.513. The van der Waals surface area contributed by atoms with Crippen molar-refractivity contribution >= 4 is 5.97 Å². The first kappa shape index (κ1) is 11.1. The molecule has 0 radical (unpaired) electrons. The molecule has 4 heteroatoms. The molecular weight excluding hydrogens is 160 g/mol. The van der Waals surface area contributed by atoms with Gasteiger partial charge in [-0.05, 0) is 32.7 Å². The van der Waals surface area contributed by atoms with Crippen molar-refractivity contribution in [3.8, 4) is 0 Å². The smallest absolute Gasteiger partial charge is 0.264 e. The second-order valence-corrected chi connectivity index (χ2v) is 3.17. The molecule has 0 atom stereocenters. The quantitative estimate of drug-likeness (QED) is 0.371. The number of rotatable bonds is 3. The minimum Gasteiger partial charge on any atom is -0.264 e. The summed E-state index contributed by atoms with van der Waals surface area (Å²) < 4.78 is 0. The van der Waals surface area contributed by atoms with E-state index < -0.39 is 11.6 Å². The van der Waals surface area contributed by atoms with Crippen LogP contribution in [-0.4, -0.2) is 11.6 Å². The zero-order valence-electron chi connectivity index (χ0n) is 7.79. The van der Waals surface area contributed by atoms with Gasteiger partial charge in [-0.3, -0.25) is 4.89 Å². The van der Waals surface area contributed by atoms with Crippen LogP contribution in [0.5, 0.6) is 0 Å². The minimum absolute atomic E-state index is 0.490. The van der Waals surface area contributed by atoms with Crippen molar-refractivity contribution in [2.75, 3.05) is 0 Å². The first-order valence-electron chi connectivity index (χ1n) is 3.65. The number of hydrogen-bond donors (Lipinski definition) is 0. The molecule has 0 aliphatic carbocycles. The van der Waals surface area contributed by atoms with Crippen molar-refractivity contribution in [3.63, 3.8) is 0 Å². The van der Waals surface area contributed by atoms with E-state index in [1.165, 1.54) is 6.08 Å². The van der Waals surface area contributed by atoms with Gasteiger partial charge < -0.3 is 0 Å². The highest BCUT2D eigenvalue weighted by atomic mass is 17.5. The van der Waals surface area contributed by atoms with Gasteiger partial charge in [0, 0.05) is 6.08 Å². The molecule has 0 aromatic rings. The van der Waals surface area contributed by atoms with Gasteiger partial charge in [0.2, 0.25) is 0 Å². The van der Waals surface area contributed by atoms with Gasteiger partial charge in [0.25, 0.3) is 0 Å². The van der Waals surface area contributed by atoms with Gasteiger partial charge in [-0.25, -0.2) is 4.79 Å². The Balaban J connectivity index is 3.51. The molecule has 0 spiro atoms. The minimum atomic E-state index is -0.596. The van der Waals surface area contributed by atoms with E-state index in [1.807, 2.05) is 0 Å². The summed E-state index contributed by atoms with van der Waals surface area (Å²) in [5, 5.41) is 4.21. The predicted molar refractivity (Wildman–Crippen MR) is 42.8 cm³/mol. The van der Waals surface area contributed by atoms with E-state index >= 15 is 0 Å². The van der Waals surface area contributed by atoms with E-state index in [0.29, 0.717) is 0 Å². The topological polar surface area (TPSA) is 44.8 Å². The van der Waals surface area contributed by atoms with Crippen molar-refractivity contribution in [1.82, 2.24) is 0 Å². The summed E-state index contributed by atoms with van der Waals surface area (Å²) in [4.78, 5) is 19.5. The average molecular weight is 174 g/mol. The van der Waals surface area contributed by atoms with Crippen LogP contribution < -0.4 is 0 Å². The van der Waals surface area contributed by atoms with Crippen LogP contribution >= 0.6 is 0 Å². The maximum absolute atomic E-state index is 10.6. The summed E-state index contributed by atoms with van der Waals surface area (Å²) in [7, 11) is 0. The Hall–Kier alpha value is -0.870. The van der Waals surface area contributed by atoms with Crippen LogP contribution in [0, 0.1) is 0 Å². The first-order chi connectivity index (χ1) is 5.45.